The Morgan fingerprint density at radius 2 is 2.12 bits per heavy atom. The number of phenolic OH excluding ortho intramolecular Hbond substituents is 1. The molecule has 0 aromatic heterocycles. The maximum Gasteiger partial charge on any atom is 0.138 e. The van der Waals surface area contributed by atoms with Crippen molar-refractivity contribution in [2.75, 3.05) is 6.61 Å². The summed E-state index contributed by atoms with van der Waals surface area (Å²) in [6, 6.07) is 5.30. The fraction of sp³-hybridized carbons (Fsp3) is 0.500. The molecule has 0 radical (unpaired) electrons. The van der Waals surface area contributed by atoms with E-state index in [4.69, 9.17) is 11.6 Å². The summed E-state index contributed by atoms with van der Waals surface area (Å²) < 4.78 is 0. The molecule has 0 atom stereocenters. The van der Waals surface area contributed by atoms with Crippen LogP contribution < -0.4 is 5.32 Å². The molecule has 0 aliphatic heterocycles. The monoisotopic (exact) mass is 241 g/mol. The predicted octanol–water partition coefficient (Wildman–Crippen LogP) is 2.05. The van der Waals surface area contributed by atoms with Gasteiger partial charge in [-0.25, -0.2) is 0 Å². The summed E-state index contributed by atoms with van der Waals surface area (Å²) >= 11 is 5.82. The van der Waals surface area contributed by atoms with Crippen LogP contribution in [0.25, 0.3) is 0 Å². The number of rotatable bonds is 4. The SMILES string of the molecule is OCC1(NCc2cccc(Cl)c2O)CCC1. The Balaban J connectivity index is 2.02. The van der Waals surface area contributed by atoms with Gasteiger partial charge in [-0.3, -0.25) is 0 Å². The van der Waals surface area contributed by atoms with Crippen molar-refractivity contribution in [2.24, 2.45) is 0 Å². The van der Waals surface area contributed by atoms with Crippen LogP contribution in [-0.4, -0.2) is 22.4 Å². The summed E-state index contributed by atoms with van der Waals surface area (Å²) in [7, 11) is 0. The number of aliphatic hydroxyl groups excluding tert-OH is 1. The Morgan fingerprint density at radius 1 is 1.38 bits per heavy atom. The average Bonchev–Trinajstić information content (AvgIpc) is 2.23. The molecule has 0 spiro atoms. The number of nitrogens with one attached hydrogen (secondary N) is 1. The molecule has 0 unspecified atom stereocenters. The van der Waals surface area contributed by atoms with E-state index in [0.29, 0.717) is 11.6 Å². The summed E-state index contributed by atoms with van der Waals surface area (Å²) in [5, 5.41) is 22.7. The highest BCUT2D eigenvalue weighted by Crippen LogP contribution is 2.33. The Morgan fingerprint density at radius 3 is 2.69 bits per heavy atom. The largest absolute Gasteiger partial charge is 0.506 e. The van der Waals surface area contributed by atoms with Crippen molar-refractivity contribution in [1.82, 2.24) is 5.32 Å². The molecule has 1 fully saturated rings. The predicted molar refractivity (Wildman–Crippen MR) is 63.6 cm³/mol. The number of benzene rings is 1. The molecular formula is C12H16ClNO2. The van der Waals surface area contributed by atoms with Crippen molar-refractivity contribution < 1.29 is 10.2 Å². The number of hydrogen-bond donors (Lipinski definition) is 3. The molecular weight excluding hydrogens is 226 g/mol. The second-order valence-corrected chi connectivity index (χ2v) is 4.80. The summed E-state index contributed by atoms with van der Waals surface area (Å²) in [4.78, 5) is 0. The molecule has 1 aliphatic carbocycles. The molecule has 3 nitrogen and oxygen atoms in total. The number of aliphatic hydroxyl groups is 1. The molecule has 1 aromatic carbocycles. The van der Waals surface area contributed by atoms with E-state index in [9.17, 15) is 10.2 Å². The number of halogens is 1. The van der Waals surface area contributed by atoms with Crippen LogP contribution in [0.2, 0.25) is 5.02 Å². The fourth-order valence-corrected chi connectivity index (χ4v) is 2.17. The average molecular weight is 242 g/mol. The van der Waals surface area contributed by atoms with E-state index in [2.05, 4.69) is 5.32 Å². The molecule has 1 saturated carbocycles. The van der Waals surface area contributed by atoms with Crippen LogP contribution in [0.1, 0.15) is 24.8 Å². The van der Waals surface area contributed by atoms with Crippen LogP contribution in [0.15, 0.2) is 18.2 Å². The lowest BCUT2D eigenvalue weighted by atomic mass is 9.77. The van der Waals surface area contributed by atoms with Crippen molar-refractivity contribution in [3.8, 4) is 5.75 Å². The molecule has 0 amide bonds. The summed E-state index contributed by atoms with van der Waals surface area (Å²) in [6.45, 7) is 0.682. The summed E-state index contributed by atoms with van der Waals surface area (Å²) in [5.41, 5.74) is 0.626. The van der Waals surface area contributed by atoms with Crippen LogP contribution in [0.4, 0.5) is 0 Å². The molecule has 1 aromatic rings. The number of para-hydroxylation sites is 1. The van der Waals surface area contributed by atoms with Gasteiger partial charge in [0.2, 0.25) is 0 Å². The molecule has 1 aliphatic rings. The lowest BCUT2D eigenvalue weighted by Gasteiger charge is -2.41. The van der Waals surface area contributed by atoms with Gasteiger partial charge in [0.1, 0.15) is 5.75 Å². The van der Waals surface area contributed by atoms with E-state index in [1.165, 1.54) is 0 Å². The van der Waals surface area contributed by atoms with Gasteiger partial charge in [-0.05, 0) is 25.3 Å². The van der Waals surface area contributed by atoms with Crippen LogP contribution in [0, 0.1) is 0 Å². The van der Waals surface area contributed by atoms with Gasteiger partial charge in [0.05, 0.1) is 11.6 Å². The molecule has 0 bridgehead atoms. The molecule has 0 saturated heterocycles. The van der Waals surface area contributed by atoms with Gasteiger partial charge in [0.25, 0.3) is 0 Å². The third kappa shape index (κ3) is 2.17. The van der Waals surface area contributed by atoms with E-state index in [-0.39, 0.29) is 17.9 Å². The van der Waals surface area contributed by atoms with E-state index in [1.807, 2.05) is 12.1 Å². The van der Waals surface area contributed by atoms with E-state index < -0.39 is 0 Å². The minimum absolute atomic E-state index is 0.129. The van der Waals surface area contributed by atoms with Gasteiger partial charge in [-0.15, -0.1) is 0 Å². The summed E-state index contributed by atoms with van der Waals surface area (Å²) in [5.74, 6) is 0.129. The van der Waals surface area contributed by atoms with Gasteiger partial charge in [-0.1, -0.05) is 23.7 Å². The first-order valence-electron chi connectivity index (χ1n) is 5.49. The van der Waals surface area contributed by atoms with E-state index >= 15 is 0 Å². The number of phenols is 1. The highest BCUT2D eigenvalue weighted by atomic mass is 35.5. The highest BCUT2D eigenvalue weighted by molar-refractivity contribution is 6.32. The van der Waals surface area contributed by atoms with E-state index in [1.54, 1.807) is 6.07 Å². The Kier molecular flexibility index (Phi) is 3.38. The van der Waals surface area contributed by atoms with Crippen molar-refractivity contribution >= 4 is 11.6 Å². The van der Waals surface area contributed by atoms with Crippen LogP contribution >= 0.6 is 11.6 Å². The normalized spacial score (nSPS) is 18.1. The fourth-order valence-electron chi connectivity index (χ4n) is 1.98. The van der Waals surface area contributed by atoms with Gasteiger partial charge >= 0.3 is 0 Å². The van der Waals surface area contributed by atoms with Crippen LogP contribution in [0.3, 0.4) is 0 Å². The molecule has 16 heavy (non-hydrogen) atoms. The van der Waals surface area contributed by atoms with Crippen LogP contribution in [0.5, 0.6) is 5.75 Å². The second-order valence-electron chi connectivity index (χ2n) is 4.39. The standard InChI is InChI=1S/C12H16ClNO2/c13-10-4-1-3-9(11(10)16)7-14-12(8-15)5-2-6-12/h1,3-4,14-16H,2,5-8H2. The minimum Gasteiger partial charge on any atom is -0.506 e. The second kappa shape index (κ2) is 4.62. The Hall–Kier alpha value is -0.770. The highest BCUT2D eigenvalue weighted by Gasteiger charge is 2.35. The van der Waals surface area contributed by atoms with Crippen molar-refractivity contribution in [2.45, 2.75) is 31.3 Å². The zero-order chi connectivity index (χ0) is 11.6. The third-order valence-electron chi connectivity index (χ3n) is 3.34. The zero-order valence-corrected chi connectivity index (χ0v) is 9.80. The first-order valence-corrected chi connectivity index (χ1v) is 5.87. The first kappa shape index (κ1) is 11.7. The Bertz CT molecular complexity index is 372. The number of aromatic hydroxyl groups is 1. The van der Waals surface area contributed by atoms with Gasteiger partial charge in [-0.2, -0.15) is 0 Å². The lowest BCUT2D eigenvalue weighted by molar-refractivity contribution is 0.0870. The van der Waals surface area contributed by atoms with Crippen LogP contribution in [-0.2, 0) is 6.54 Å². The van der Waals surface area contributed by atoms with Crippen molar-refractivity contribution in [1.29, 1.82) is 0 Å². The molecule has 3 N–H and O–H groups in total. The van der Waals surface area contributed by atoms with Gasteiger partial charge < -0.3 is 15.5 Å². The lowest BCUT2D eigenvalue weighted by Crippen LogP contribution is -2.53. The van der Waals surface area contributed by atoms with E-state index in [0.717, 1.165) is 24.8 Å². The summed E-state index contributed by atoms with van der Waals surface area (Å²) in [6.07, 6.45) is 3.13. The maximum atomic E-state index is 9.72. The topological polar surface area (TPSA) is 52.5 Å². The Labute approximate surface area is 100 Å². The molecule has 88 valence electrons. The van der Waals surface area contributed by atoms with Gasteiger partial charge in [0.15, 0.2) is 0 Å². The smallest absolute Gasteiger partial charge is 0.138 e. The van der Waals surface area contributed by atoms with Gasteiger partial charge in [0, 0.05) is 17.6 Å². The van der Waals surface area contributed by atoms with Crippen molar-refractivity contribution in [3.05, 3.63) is 28.8 Å². The third-order valence-corrected chi connectivity index (χ3v) is 3.64. The molecule has 0 heterocycles. The number of hydrogen-bond acceptors (Lipinski definition) is 3. The quantitative estimate of drug-likeness (QED) is 0.756. The molecule has 2 rings (SSSR count). The van der Waals surface area contributed by atoms with Crippen molar-refractivity contribution in [3.63, 3.8) is 0 Å². The first-order chi connectivity index (χ1) is 7.67. The minimum atomic E-state index is -0.144. The molecule has 4 heteroatoms. The maximum absolute atomic E-state index is 9.72. The zero-order valence-electron chi connectivity index (χ0n) is 9.04.